The number of aromatic nitrogens is 1. The molecule has 0 aliphatic heterocycles. The summed E-state index contributed by atoms with van der Waals surface area (Å²) >= 11 is 0. The van der Waals surface area contributed by atoms with Crippen LogP contribution in [0.25, 0.3) is 10.9 Å². The minimum Gasteiger partial charge on any atom is -0.495 e. The molecule has 2 aromatic rings. The van der Waals surface area contributed by atoms with Crippen LogP contribution in [0, 0.1) is 6.92 Å². The molecule has 18 heavy (non-hydrogen) atoms. The van der Waals surface area contributed by atoms with Gasteiger partial charge in [0.2, 0.25) is 0 Å². The first-order valence-corrected chi connectivity index (χ1v) is 6.56. The van der Waals surface area contributed by atoms with Gasteiger partial charge in [-0.3, -0.25) is 0 Å². The first-order valence-electron chi connectivity index (χ1n) is 6.56. The first-order chi connectivity index (χ1) is 8.70. The molecule has 1 fully saturated rings. The number of fused-ring (bicyclic) bond motifs is 1. The molecular formula is C15H20N2O. The van der Waals surface area contributed by atoms with Crippen LogP contribution in [0.5, 0.6) is 5.75 Å². The highest BCUT2D eigenvalue weighted by Crippen LogP contribution is 2.31. The van der Waals surface area contributed by atoms with Gasteiger partial charge < -0.3 is 14.6 Å². The average molecular weight is 244 g/mol. The van der Waals surface area contributed by atoms with E-state index in [-0.39, 0.29) is 0 Å². The molecule has 1 aromatic heterocycles. The van der Waals surface area contributed by atoms with E-state index < -0.39 is 0 Å². The minimum absolute atomic E-state index is 0.742. The van der Waals surface area contributed by atoms with Gasteiger partial charge in [-0.25, -0.2) is 0 Å². The monoisotopic (exact) mass is 244 g/mol. The molecule has 1 N–H and O–H groups in total. The normalized spacial score (nSPS) is 15.3. The van der Waals surface area contributed by atoms with Crippen molar-refractivity contribution in [2.24, 2.45) is 7.05 Å². The highest BCUT2D eigenvalue weighted by atomic mass is 16.5. The molecule has 1 aromatic carbocycles. The maximum absolute atomic E-state index is 5.47. The molecule has 0 bridgehead atoms. The molecule has 0 spiro atoms. The van der Waals surface area contributed by atoms with Crippen molar-refractivity contribution in [3.8, 4) is 5.75 Å². The van der Waals surface area contributed by atoms with Gasteiger partial charge >= 0.3 is 0 Å². The van der Waals surface area contributed by atoms with E-state index in [9.17, 15) is 0 Å². The van der Waals surface area contributed by atoms with Gasteiger partial charge in [0.05, 0.1) is 12.6 Å². The van der Waals surface area contributed by atoms with Gasteiger partial charge in [-0.1, -0.05) is 6.07 Å². The van der Waals surface area contributed by atoms with Crippen molar-refractivity contribution < 1.29 is 4.74 Å². The SMILES string of the molecule is COc1ccc(C)c2cc(CNC3CC3)n(C)c12. The summed E-state index contributed by atoms with van der Waals surface area (Å²) in [5.41, 5.74) is 3.83. The Hall–Kier alpha value is -1.48. The highest BCUT2D eigenvalue weighted by Gasteiger charge is 2.21. The Bertz CT molecular complexity index is 582. The summed E-state index contributed by atoms with van der Waals surface area (Å²) in [6.45, 7) is 3.10. The Morgan fingerprint density at radius 3 is 2.83 bits per heavy atom. The quantitative estimate of drug-likeness (QED) is 0.895. The van der Waals surface area contributed by atoms with Gasteiger partial charge in [0.15, 0.2) is 0 Å². The Morgan fingerprint density at radius 2 is 2.17 bits per heavy atom. The van der Waals surface area contributed by atoms with E-state index in [1.807, 2.05) is 0 Å². The number of nitrogens with zero attached hydrogens (tertiary/aromatic N) is 1. The predicted octanol–water partition coefficient (Wildman–Crippen LogP) is 2.75. The van der Waals surface area contributed by atoms with E-state index in [1.165, 1.54) is 35.0 Å². The van der Waals surface area contributed by atoms with E-state index in [2.05, 4.69) is 42.1 Å². The lowest BCUT2D eigenvalue weighted by Crippen LogP contribution is -2.17. The van der Waals surface area contributed by atoms with Crippen molar-refractivity contribution in [2.75, 3.05) is 7.11 Å². The van der Waals surface area contributed by atoms with E-state index in [4.69, 9.17) is 4.74 Å². The predicted molar refractivity (Wildman–Crippen MR) is 74.1 cm³/mol. The van der Waals surface area contributed by atoms with E-state index in [1.54, 1.807) is 7.11 Å². The second kappa shape index (κ2) is 4.32. The van der Waals surface area contributed by atoms with Crippen molar-refractivity contribution in [1.29, 1.82) is 0 Å². The molecule has 0 radical (unpaired) electrons. The Kier molecular flexibility index (Phi) is 2.78. The molecule has 0 saturated heterocycles. The zero-order chi connectivity index (χ0) is 12.7. The standard InChI is InChI=1S/C15H20N2O/c1-10-4-7-14(18-3)15-13(10)8-12(17(15)2)9-16-11-5-6-11/h4,7-8,11,16H,5-6,9H2,1-3H3. The number of ether oxygens (including phenoxy) is 1. The number of methoxy groups -OCH3 is 1. The Labute approximate surface area is 108 Å². The number of benzene rings is 1. The van der Waals surface area contributed by atoms with Crippen LogP contribution in [0.2, 0.25) is 0 Å². The van der Waals surface area contributed by atoms with Gasteiger partial charge in [0.1, 0.15) is 5.75 Å². The van der Waals surface area contributed by atoms with Gasteiger partial charge in [-0.15, -0.1) is 0 Å². The first kappa shape index (κ1) is 11.6. The van der Waals surface area contributed by atoms with Crippen LogP contribution in [-0.4, -0.2) is 17.7 Å². The Morgan fingerprint density at radius 1 is 1.39 bits per heavy atom. The van der Waals surface area contributed by atoms with Crippen molar-refractivity contribution in [2.45, 2.75) is 32.4 Å². The zero-order valence-electron chi connectivity index (χ0n) is 11.3. The molecule has 0 amide bonds. The van der Waals surface area contributed by atoms with Crippen LogP contribution in [-0.2, 0) is 13.6 Å². The number of nitrogens with one attached hydrogen (secondary N) is 1. The lowest BCUT2D eigenvalue weighted by molar-refractivity contribution is 0.417. The molecule has 96 valence electrons. The average Bonchev–Trinajstić information content (AvgIpc) is 3.14. The van der Waals surface area contributed by atoms with Crippen molar-refractivity contribution in [3.05, 3.63) is 29.5 Å². The number of aryl methyl sites for hydroxylation is 2. The molecule has 0 atom stereocenters. The van der Waals surface area contributed by atoms with Crippen LogP contribution in [0.1, 0.15) is 24.1 Å². The topological polar surface area (TPSA) is 26.2 Å². The van der Waals surface area contributed by atoms with Crippen LogP contribution in [0.3, 0.4) is 0 Å². The second-order valence-electron chi connectivity index (χ2n) is 5.20. The van der Waals surface area contributed by atoms with Crippen LogP contribution in [0.15, 0.2) is 18.2 Å². The summed E-state index contributed by atoms with van der Waals surface area (Å²) in [5, 5.41) is 4.87. The van der Waals surface area contributed by atoms with E-state index in [0.29, 0.717) is 0 Å². The largest absolute Gasteiger partial charge is 0.495 e. The molecule has 3 rings (SSSR count). The molecule has 3 nitrogen and oxygen atoms in total. The summed E-state index contributed by atoms with van der Waals surface area (Å²) in [6, 6.07) is 7.20. The lowest BCUT2D eigenvalue weighted by atomic mass is 10.1. The maximum atomic E-state index is 5.47. The third-order valence-electron chi connectivity index (χ3n) is 3.84. The molecule has 1 aliphatic carbocycles. The van der Waals surface area contributed by atoms with Gasteiger partial charge in [0, 0.05) is 30.7 Å². The van der Waals surface area contributed by atoms with Crippen molar-refractivity contribution >= 4 is 10.9 Å². The smallest absolute Gasteiger partial charge is 0.143 e. The summed E-state index contributed by atoms with van der Waals surface area (Å²) in [7, 11) is 3.85. The van der Waals surface area contributed by atoms with E-state index >= 15 is 0 Å². The summed E-state index contributed by atoms with van der Waals surface area (Å²) in [6.07, 6.45) is 2.65. The third kappa shape index (κ3) is 1.89. The Balaban J connectivity index is 2.04. The van der Waals surface area contributed by atoms with Crippen LogP contribution >= 0.6 is 0 Å². The molecule has 1 heterocycles. The van der Waals surface area contributed by atoms with Crippen molar-refractivity contribution in [1.82, 2.24) is 9.88 Å². The summed E-state index contributed by atoms with van der Waals surface area (Å²) in [5.74, 6) is 0.954. The highest BCUT2D eigenvalue weighted by molar-refractivity contribution is 5.89. The second-order valence-corrected chi connectivity index (χ2v) is 5.20. The fraction of sp³-hybridized carbons (Fsp3) is 0.467. The third-order valence-corrected chi connectivity index (χ3v) is 3.84. The fourth-order valence-electron chi connectivity index (χ4n) is 2.49. The van der Waals surface area contributed by atoms with Gasteiger partial charge in [0.25, 0.3) is 0 Å². The minimum atomic E-state index is 0.742. The molecule has 1 aliphatic rings. The molecule has 3 heteroatoms. The lowest BCUT2D eigenvalue weighted by Gasteiger charge is -2.08. The number of hydrogen-bond donors (Lipinski definition) is 1. The van der Waals surface area contributed by atoms with Gasteiger partial charge in [-0.2, -0.15) is 0 Å². The van der Waals surface area contributed by atoms with Crippen molar-refractivity contribution in [3.63, 3.8) is 0 Å². The van der Waals surface area contributed by atoms with Gasteiger partial charge in [-0.05, 0) is 37.5 Å². The molecule has 1 saturated carbocycles. The molecular weight excluding hydrogens is 224 g/mol. The fourth-order valence-corrected chi connectivity index (χ4v) is 2.49. The number of hydrogen-bond acceptors (Lipinski definition) is 2. The van der Waals surface area contributed by atoms with E-state index in [0.717, 1.165) is 18.3 Å². The maximum Gasteiger partial charge on any atom is 0.143 e. The van der Waals surface area contributed by atoms with Crippen LogP contribution in [0.4, 0.5) is 0 Å². The van der Waals surface area contributed by atoms with Crippen LogP contribution < -0.4 is 10.1 Å². The number of rotatable bonds is 4. The zero-order valence-corrected chi connectivity index (χ0v) is 11.3. The molecule has 0 unspecified atom stereocenters. The summed E-state index contributed by atoms with van der Waals surface area (Å²) < 4.78 is 7.72. The summed E-state index contributed by atoms with van der Waals surface area (Å²) in [4.78, 5) is 0.